The number of carbonyl (C=O) groups excluding carboxylic acids is 1. The fourth-order valence-electron chi connectivity index (χ4n) is 1.38. The number of hydrogen-bond donors (Lipinski definition) is 1. The first kappa shape index (κ1) is 11.8. The first-order chi connectivity index (χ1) is 8.18. The van der Waals surface area contributed by atoms with E-state index in [1.54, 1.807) is 29.2 Å². The molecule has 0 aliphatic carbocycles. The van der Waals surface area contributed by atoms with E-state index in [0.717, 1.165) is 5.69 Å². The van der Waals surface area contributed by atoms with Gasteiger partial charge in [0.15, 0.2) is 0 Å². The number of pyridine rings is 1. The highest BCUT2D eigenvalue weighted by atomic mass is 79.9. The third kappa shape index (κ3) is 2.71. The summed E-state index contributed by atoms with van der Waals surface area (Å²) in [5, 5.41) is 6.82. The van der Waals surface area contributed by atoms with Crippen LogP contribution in [0.15, 0.2) is 35.1 Å². The normalized spacial score (nSPS) is 10.2. The molecule has 17 heavy (non-hydrogen) atoms. The highest BCUT2D eigenvalue weighted by Crippen LogP contribution is 2.12. The van der Waals surface area contributed by atoms with Crippen LogP contribution in [0.2, 0.25) is 0 Å². The molecule has 2 aromatic rings. The molecule has 2 aromatic heterocycles. The van der Waals surface area contributed by atoms with Crippen LogP contribution in [0, 0.1) is 0 Å². The molecule has 0 spiro atoms. The van der Waals surface area contributed by atoms with Gasteiger partial charge in [0.2, 0.25) is 0 Å². The van der Waals surface area contributed by atoms with Crippen molar-refractivity contribution in [3.63, 3.8) is 0 Å². The predicted octanol–water partition coefficient (Wildman–Crippen LogP) is 1.51. The number of carbonyl (C=O) groups is 1. The summed E-state index contributed by atoms with van der Waals surface area (Å²) in [6, 6.07) is 5.40. The smallest absolute Gasteiger partial charge is 0.271 e. The standard InChI is InChI=1S/C11H11BrN4O/c1-16-8(4-6-15-16)7-14-11(17)10-9(12)3-2-5-13-10/h2-6H,7H2,1H3,(H,14,17). The van der Waals surface area contributed by atoms with E-state index in [-0.39, 0.29) is 5.91 Å². The average molecular weight is 295 g/mol. The molecule has 88 valence electrons. The summed E-state index contributed by atoms with van der Waals surface area (Å²) >= 11 is 3.29. The van der Waals surface area contributed by atoms with Gasteiger partial charge in [0.1, 0.15) is 5.69 Å². The lowest BCUT2D eigenvalue weighted by molar-refractivity contribution is 0.0944. The zero-order valence-electron chi connectivity index (χ0n) is 9.22. The van der Waals surface area contributed by atoms with Gasteiger partial charge < -0.3 is 5.32 Å². The predicted molar refractivity (Wildman–Crippen MR) is 66.3 cm³/mol. The quantitative estimate of drug-likeness (QED) is 0.933. The van der Waals surface area contributed by atoms with Crippen molar-refractivity contribution in [3.8, 4) is 0 Å². The molecule has 0 aliphatic heterocycles. The van der Waals surface area contributed by atoms with E-state index in [1.165, 1.54) is 0 Å². The van der Waals surface area contributed by atoms with Gasteiger partial charge in [-0.25, -0.2) is 4.98 Å². The van der Waals surface area contributed by atoms with Crippen LogP contribution in [0.25, 0.3) is 0 Å². The van der Waals surface area contributed by atoms with Gasteiger partial charge in [0.25, 0.3) is 5.91 Å². The largest absolute Gasteiger partial charge is 0.345 e. The van der Waals surface area contributed by atoms with Crippen LogP contribution in [0.1, 0.15) is 16.2 Å². The number of rotatable bonds is 3. The highest BCUT2D eigenvalue weighted by Gasteiger charge is 2.10. The van der Waals surface area contributed by atoms with Gasteiger partial charge in [-0.05, 0) is 34.1 Å². The summed E-state index contributed by atoms with van der Waals surface area (Å²) < 4.78 is 2.40. The van der Waals surface area contributed by atoms with Gasteiger partial charge in [-0.3, -0.25) is 9.48 Å². The monoisotopic (exact) mass is 294 g/mol. The second kappa shape index (κ2) is 5.09. The van der Waals surface area contributed by atoms with Crippen LogP contribution < -0.4 is 5.32 Å². The molecule has 0 atom stereocenters. The van der Waals surface area contributed by atoms with Crippen molar-refractivity contribution < 1.29 is 4.79 Å². The number of nitrogens with zero attached hydrogens (tertiary/aromatic N) is 3. The number of aryl methyl sites for hydroxylation is 1. The van der Waals surface area contributed by atoms with Crippen molar-refractivity contribution in [2.45, 2.75) is 6.54 Å². The fourth-order valence-corrected chi connectivity index (χ4v) is 1.82. The second-order valence-electron chi connectivity index (χ2n) is 3.46. The number of halogens is 1. The van der Waals surface area contributed by atoms with Crippen LogP contribution in [-0.4, -0.2) is 20.7 Å². The van der Waals surface area contributed by atoms with Crippen molar-refractivity contribution in [2.24, 2.45) is 7.05 Å². The Morgan fingerprint density at radius 1 is 1.47 bits per heavy atom. The van der Waals surface area contributed by atoms with Gasteiger partial charge in [-0.15, -0.1) is 0 Å². The lowest BCUT2D eigenvalue weighted by Gasteiger charge is -2.06. The van der Waals surface area contributed by atoms with E-state index in [9.17, 15) is 4.79 Å². The molecule has 5 nitrogen and oxygen atoms in total. The summed E-state index contributed by atoms with van der Waals surface area (Å²) in [5.74, 6) is -0.210. The molecular formula is C11H11BrN4O. The maximum Gasteiger partial charge on any atom is 0.271 e. The van der Waals surface area contributed by atoms with E-state index in [2.05, 4.69) is 31.3 Å². The van der Waals surface area contributed by atoms with Gasteiger partial charge in [-0.1, -0.05) is 0 Å². The molecule has 6 heteroatoms. The maximum atomic E-state index is 11.8. The van der Waals surface area contributed by atoms with Gasteiger partial charge >= 0.3 is 0 Å². The molecule has 0 radical (unpaired) electrons. The summed E-state index contributed by atoms with van der Waals surface area (Å²) in [4.78, 5) is 15.9. The number of aromatic nitrogens is 3. The maximum absolute atomic E-state index is 11.8. The first-order valence-electron chi connectivity index (χ1n) is 5.04. The number of hydrogen-bond acceptors (Lipinski definition) is 3. The Bertz CT molecular complexity index is 538. The van der Waals surface area contributed by atoms with Crippen LogP contribution >= 0.6 is 15.9 Å². The van der Waals surface area contributed by atoms with Crippen LogP contribution in [0.4, 0.5) is 0 Å². The van der Waals surface area contributed by atoms with Crippen molar-refractivity contribution >= 4 is 21.8 Å². The fraction of sp³-hybridized carbons (Fsp3) is 0.182. The first-order valence-corrected chi connectivity index (χ1v) is 5.83. The molecule has 0 saturated heterocycles. The van der Waals surface area contributed by atoms with Crippen molar-refractivity contribution in [3.05, 3.63) is 46.5 Å². The minimum absolute atomic E-state index is 0.210. The molecule has 2 rings (SSSR count). The van der Waals surface area contributed by atoms with Crippen molar-refractivity contribution in [1.82, 2.24) is 20.1 Å². The molecule has 0 aliphatic rings. The summed E-state index contributed by atoms with van der Waals surface area (Å²) in [6.45, 7) is 0.429. The van der Waals surface area contributed by atoms with E-state index >= 15 is 0 Å². The Hall–Kier alpha value is -1.69. The SMILES string of the molecule is Cn1nccc1CNC(=O)c1ncccc1Br. The van der Waals surface area contributed by atoms with E-state index < -0.39 is 0 Å². The molecular weight excluding hydrogens is 284 g/mol. The zero-order valence-corrected chi connectivity index (χ0v) is 10.8. The van der Waals surface area contributed by atoms with Crippen molar-refractivity contribution in [1.29, 1.82) is 0 Å². The molecule has 0 aromatic carbocycles. The Morgan fingerprint density at radius 3 is 2.94 bits per heavy atom. The molecule has 2 heterocycles. The Labute approximate surface area is 107 Å². The lowest BCUT2D eigenvalue weighted by atomic mass is 10.3. The summed E-state index contributed by atoms with van der Waals surface area (Å²) in [7, 11) is 1.83. The molecule has 1 amide bonds. The number of amides is 1. The van der Waals surface area contributed by atoms with E-state index in [1.807, 2.05) is 13.1 Å². The minimum atomic E-state index is -0.210. The van der Waals surface area contributed by atoms with Gasteiger partial charge in [0.05, 0.1) is 12.2 Å². The van der Waals surface area contributed by atoms with Crippen LogP contribution in [-0.2, 0) is 13.6 Å². The zero-order chi connectivity index (χ0) is 12.3. The molecule has 0 unspecified atom stereocenters. The molecule has 0 bridgehead atoms. The van der Waals surface area contributed by atoms with Crippen LogP contribution in [0.3, 0.4) is 0 Å². The Morgan fingerprint density at radius 2 is 2.29 bits per heavy atom. The van der Waals surface area contributed by atoms with Crippen molar-refractivity contribution in [2.75, 3.05) is 0 Å². The highest BCUT2D eigenvalue weighted by molar-refractivity contribution is 9.10. The number of nitrogens with one attached hydrogen (secondary N) is 1. The van der Waals surface area contributed by atoms with E-state index in [4.69, 9.17) is 0 Å². The average Bonchev–Trinajstić information content (AvgIpc) is 2.72. The molecule has 0 saturated carbocycles. The second-order valence-corrected chi connectivity index (χ2v) is 4.32. The van der Waals surface area contributed by atoms with E-state index in [0.29, 0.717) is 16.7 Å². The molecule has 1 N–H and O–H groups in total. The van der Waals surface area contributed by atoms with Gasteiger partial charge in [-0.2, -0.15) is 5.10 Å². The molecule has 0 fully saturated rings. The topological polar surface area (TPSA) is 59.8 Å². The third-order valence-electron chi connectivity index (χ3n) is 2.33. The van der Waals surface area contributed by atoms with Gasteiger partial charge in [0, 0.05) is 23.9 Å². The third-order valence-corrected chi connectivity index (χ3v) is 2.97. The Kier molecular flexibility index (Phi) is 3.53. The summed E-state index contributed by atoms with van der Waals surface area (Å²) in [6.07, 6.45) is 3.28. The summed E-state index contributed by atoms with van der Waals surface area (Å²) in [5.41, 5.74) is 1.32. The minimum Gasteiger partial charge on any atom is -0.345 e. The lowest BCUT2D eigenvalue weighted by Crippen LogP contribution is -2.25. The Balaban J connectivity index is 2.04. The van der Waals surface area contributed by atoms with Crippen LogP contribution in [0.5, 0.6) is 0 Å².